The first-order valence-corrected chi connectivity index (χ1v) is 45.2. The van der Waals surface area contributed by atoms with Crippen LogP contribution in [0, 0.1) is 35.5 Å². The van der Waals surface area contributed by atoms with Crippen LogP contribution in [0.1, 0.15) is 198 Å². The number of aliphatic hydroxyl groups is 9. The summed E-state index contributed by atoms with van der Waals surface area (Å²) >= 11 is 0. The lowest BCUT2D eigenvalue weighted by molar-refractivity contribution is -0.296. The van der Waals surface area contributed by atoms with E-state index in [2.05, 4.69) is 0 Å². The molecule has 31 heteroatoms. The summed E-state index contributed by atoms with van der Waals surface area (Å²) in [6.07, 6.45) is 0.924. The van der Waals surface area contributed by atoms with Crippen LogP contribution in [0.2, 0.25) is 0 Å². The highest BCUT2D eigenvalue weighted by atomic mass is 16.7. The average Bonchev–Trinajstić information content (AvgIpc) is 0.807. The van der Waals surface area contributed by atoms with Gasteiger partial charge in [0.2, 0.25) is 0 Å². The Morgan fingerprint density at radius 2 is 0.871 bits per heavy atom. The summed E-state index contributed by atoms with van der Waals surface area (Å²) in [5.74, 6) is -5.84. The number of carbonyl (C=O) groups excluding carboxylic acids is 3. The molecule has 9 N–H and O–H groups in total. The number of hydrogen-bond donors (Lipinski definition) is 9. The van der Waals surface area contributed by atoms with E-state index in [-0.39, 0.29) is 113 Å². The van der Waals surface area contributed by atoms with Crippen LogP contribution in [0.25, 0.3) is 0 Å². The normalized spacial score (nSPS) is 39.8. The maximum atomic E-state index is 14.4. The topological polar surface area (TPSA) is 409 Å². The van der Waals surface area contributed by atoms with Gasteiger partial charge in [-0.2, -0.15) is 0 Å². The quantitative estimate of drug-likeness (QED) is 0.0213. The van der Waals surface area contributed by atoms with Gasteiger partial charge in [-0.15, -0.1) is 0 Å². The van der Waals surface area contributed by atoms with E-state index in [0.29, 0.717) is 68.9 Å². The molecule has 124 heavy (non-hydrogen) atoms. The largest absolute Gasteiger partial charge is 0.459 e. The number of cyclic esters (lactones) is 2. The van der Waals surface area contributed by atoms with Gasteiger partial charge in [-0.25, -0.2) is 14.4 Å². The van der Waals surface area contributed by atoms with Crippen molar-refractivity contribution in [3.63, 3.8) is 0 Å². The molecule has 4 fully saturated rings. The first-order valence-electron chi connectivity index (χ1n) is 45.2. The van der Waals surface area contributed by atoms with Crippen LogP contribution < -0.4 is 0 Å². The van der Waals surface area contributed by atoms with E-state index >= 15 is 0 Å². The number of rotatable bonds is 27. The Kier molecular flexibility index (Phi) is 47.1. The van der Waals surface area contributed by atoms with Crippen molar-refractivity contribution in [2.45, 2.75) is 387 Å². The molecule has 714 valence electrons. The molecule has 7 heterocycles. The van der Waals surface area contributed by atoms with Crippen molar-refractivity contribution in [2.75, 3.05) is 76.7 Å². The van der Waals surface area contributed by atoms with E-state index in [9.17, 15) is 60.3 Å². The molecule has 0 radical (unpaired) electrons. The minimum atomic E-state index is -1.89. The number of carbonyl (C=O) groups is 3. The second-order valence-corrected chi connectivity index (χ2v) is 36.1. The zero-order valence-electron chi connectivity index (χ0n) is 76.9. The molecule has 0 aromatic carbocycles. The van der Waals surface area contributed by atoms with Gasteiger partial charge >= 0.3 is 17.9 Å². The third-order valence-electron chi connectivity index (χ3n) is 26.5. The predicted molar refractivity (Wildman–Crippen MR) is 458 cm³/mol. The minimum Gasteiger partial charge on any atom is -0.459 e. The Hall–Kier alpha value is -4.15. The molecule has 7 aliphatic heterocycles. The van der Waals surface area contributed by atoms with Crippen molar-refractivity contribution in [3.8, 4) is 0 Å². The molecule has 0 saturated carbocycles. The summed E-state index contributed by atoms with van der Waals surface area (Å²) in [6, 6.07) is 0. The van der Waals surface area contributed by atoms with Crippen LogP contribution in [0.3, 0.4) is 0 Å². The van der Waals surface area contributed by atoms with Gasteiger partial charge in [0.1, 0.15) is 42.7 Å². The highest BCUT2D eigenvalue weighted by Crippen LogP contribution is 2.38. The number of methoxy groups -OCH3 is 8. The summed E-state index contributed by atoms with van der Waals surface area (Å²) in [6.45, 7) is 17.8. The molecule has 0 aromatic rings. The fourth-order valence-electron chi connectivity index (χ4n) is 18.4. The third kappa shape index (κ3) is 33.9. The van der Waals surface area contributed by atoms with E-state index in [0.717, 1.165) is 19.3 Å². The van der Waals surface area contributed by atoms with Gasteiger partial charge in [0.15, 0.2) is 24.8 Å². The molecular formula is C93H156O31. The predicted octanol–water partition coefficient (Wildman–Crippen LogP) is 8.06. The van der Waals surface area contributed by atoms with Gasteiger partial charge < -0.3 is 136 Å². The van der Waals surface area contributed by atoms with Gasteiger partial charge in [0, 0.05) is 131 Å². The molecule has 0 unspecified atom stereocenters. The number of fused-ring (bicyclic) bond motifs is 4. The van der Waals surface area contributed by atoms with E-state index < -0.39 is 201 Å². The van der Waals surface area contributed by atoms with Crippen LogP contribution in [0.15, 0.2) is 71.9 Å². The molecule has 0 spiro atoms. The average molecular weight is 1770 g/mol. The van der Waals surface area contributed by atoms with Crippen LogP contribution in [0.4, 0.5) is 0 Å². The van der Waals surface area contributed by atoms with Gasteiger partial charge in [-0.1, -0.05) is 101 Å². The molecule has 7 rings (SSSR count). The van der Waals surface area contributed by atoms with Gasteiger partial charge in [-0.05, 0) is 129 Å². The zero-order valence-corrected chi connectivity index (χ0v) is 76.9. The molecule has 4 bridgehead atoms. The minimum absolute atomic E-state index is 0.000978. The lowest BCUT2D eigenvalue weighted by atomic mass is 9.83. The molecule has 31 nitrogen and oxygen atoms in total. The van der Waals surface area contributed by atoms with E-state index in [4.69, 9.17) is 90.0 Å². The van der Waals surface area contributed by atoms with Crippen LogP contribution in [-0.4, -0.2) is 330 Å². The van der Waals surface area contributed by atoms with Crippen LogP contribution >= 0.6 is 0 Å². The van der Waals surface area contributed by atoms with Gasteiger partial charge in [0.25, 0.3) is 0 Å². The van der Waals surface area contributed by atoms with Crippen molar-refractivity contribution in [1.29, 1.82) is 0 Å². The number of aliphatic hydroxyl groups excluding tert-OH is 9. The number of allylic oxidation sites excluding steroid dienone is 4. The first kappa shape index (κ1) is 107. The molecule has 4 saturated heterocycles. The van der Waals surface area contributed by atoms with Gasteiger partial charge in [0.05, 0.1) is 142 Å². The van der Waals surface area contributed by atoms with Crippen molar-refractivity contribution in [3.05, 3.63) is 71.9 Å². The molecule has 0 amide bonds. The Balaban J connectivity index is 1.21. The zero-order chi connectivity index (χ0) is 91.0. The monoisotopic (exact) mass is 1770 g/mol. The fraction of sp³-hybridized carbons (Fsp3) is 0.839. The Bertz CT molecular complexity index is 3250. The van der Waals surface area contributed by atoms with Crippen molar-refractivity contribution in [1.82, 2.24) is 0 Å². The Morgan fingerprint density at radius 1 is 0.460 bits per heavy atom. The lowest BCUT2D eigenvalue weighted by Crippen LogP contribution is -2.58. The standard InChI is InChI=1S/C93H156O31/c1-52-25-31-70(120-92-87(104)88(112-17)81(110-15)50-114-92)43-64-21-19-23-66(118-64)47-77(108-13)58(7)74(97)39-62(95)42-80(61(10)86(103)55(4)30-34-69-46-73(107-12)38-57(6)117-69)123-84(101)36-28-53(2)26-32-71(121-93-90(124-91(105)76(99)49-94)89(113-18)82(111-16)51-115-93)44-65-22-20-24-67(119-65)48-78(109-14)59(8)75(98)40-63(96)41-79(122-83(100)35-27-52)60(9)85(102)54(3)29-33-68-45-72(106-11)37-56(5)116-68/h19-22,25-28,35-36,54-82,85-90,92-99,102-104H,23-24,29-34,37-51H2,1-18H3/b35-27+,36-28-,52-25?,53-26-/t54-,55-,56-,57-,58-,59-,60+,61+,62+,63+,64-,65-,66-,67-,68-,69-,70-,71-,72+,73+,74-,75-,76+,77-,78-,79-,80-,81-,82-,85-,86-,87-,88+,89+,90-,92+,93+/m0/s1. The number of esters is 3. The summed E-state index contributed by atoms with van der Waals surface area (Å²) in [7, 11) is 12.3. The maximum Gasteiger partial charge on any atom is 0.337 e. The lowest BCUT2D eigenvalue weighted by Gasteiger charge is -2.42. The highest BCUT2D eigenvalue weighted by Gasteiger charge is 2.48. The SMILES string of the molecule is CO[C@H]1C[C@H](CC[C@H](C)[C@H](O)[C@H](C)[C@@H]2C[C@H](O)C[C@H](O)[C@H](C)[C@@H](OC)C[C@@H]3CC=C[C@@H](C[C@@H](O[C@H]4OC[C@H](OC)[C@@H](OC)[C@@H]4O)CC=C(C)/C=C/C(=O)O[C@H]([C@@H](C)[C@@H](O)[C@@H](C)CC[C@H]4C[C@H](OC)C[C@H](C)O4)C[C@H](O)C[C@H](O)[C@H](C)[C@@H](OC)C[C@@H]4CC=C[C@@H](C[C@@H](O[C@H]5OC[C@H](OC)[C@@H](OC)[C@@H]5OC(=O)[C@H](O)CO)C/C=C(C)\C=C/C(=O)O2)O4)O3)O[C@@H](C)C1. The molecule has 7 aliphatic rings. The van der Waals surface area contributed by atoms with Crippen molar-refractivity contribution in [2.24, 2.45) is 35.5 Å². The maximum absolute atomic E-state index is 14.4. The summed E-state index contributed by atoms with van der Waals surface area (Å²) in [4.78, 5) is 41.9. The molecular weight excluding hydrogens is 1610 g/mol. The second kappa shape index (κ2) is 54.6. The van der Waals surface area contributed by atoms with E-state index in [1.54, 1.807) is 54.3 Å². The Morgan fingerprint density at radius 3 is 1.27 bits per heavy atom. The summed E-state index contributed by atoms with van der Waals surface area (Å²) in [5.41, 5.74) is 1.23. The van der Waals surface area contributed by atoms with E-state index in [1.807, 2.05) is 84.9 Å². The van der Waals surface area contributed by atoms with Gasteiger partial charge in [-0.3, -0.25) is 0 Å². The third-order valence-corrected chi connectivity index (χ3v) is 26.5. The summed E-state index contributed by atoms with van der Waals surface area (Å²) in [5, 5.41) is 105. The Labute approximate surface area is 736 Å². The fourth-order valence-corrected chi connectivity index (χ4v) is 18.4. The van der Waals surface area contributed by atoms with Crippen molar-refractivity contribution < 1.29 is 150 Å². The van der Waals surface area contributed by atoms with Crippen molar-refractivity contribution >= 4 is 17.9 Å². The highest BCUT2D eigenvalue weighted by molar-refractivity contribution is 5.83. The second-order valence-electron chi connectivity index (χ2n) is 36.1. The number of ether oxygens (including phenoxy) is 19. The van der Waals surface area contributed by atoms with Crippen LogP contribution in [0.5, 0.6) is 0 Å². The molecule has 0 aromatic heterocycles. The summed E-state index contributed by atoms with van der Waals surface area (Å²) < 4.78 is 117. The molecule has 0 aliphatic carbocycles. The number of hydrogen-bond acceptors (Lipinski definition) is 31. The van der Waals surface area contributed by atoms with E-state index in [1.165, 1.54) is 47.7 Å². The first-order chi connectivity index (χ1) is 59.1. The smallest absolute Gasteiger partial charge is 0.337 e. The van der Waals surface area contributed by atoms with Crippen LogP contribution in [-0.2, 0) is 104 Å². The molecule has 37 atom stereocenters.